The average molecular weight is 335 g/mol. The van der Waals surface area contributed by atoms with Crippen LogP contribution in [0.5, 0.6) is 0 Å². The lowest BCUT2D eigenvalue weighted by atomic mass is 10.4. The molecule has 0 unspecified atom stereocenters. The van der Waals surface area contributed by atoms with Gasteiger partial charge in [0.15, 0.2) is 0 Å². The molecule has 78 valence electrons. The van der Waals surface area contributed by atoms with Crippen LogP contribution in [0.15, 0.2) is 46.5 Å². The van der Waals surface area contributed by atoms with Crippen molar-refractivity contribution in [2.75, 3.05) is 0 Å². The van der Waals surface area contributed by atoms with Crippen LogP contribution in [0.25, 0.3) is 0 Å². The van der Waals surface area contributed by atoms with E-state index in [0.717, 1.165) is 0 Å². The van der Waals surface area contributed by atoms with Crippen LogP contribution in [0.3, 0.4) is 0 Å². The topological polar surface area (TPSA) is 64.8 Å². The summed E-state index contributed by atoms with van der Waals surface area (Å²) in [6.45, 7) is 0. The Morgan fingerprint density at radius 1 is 1.20 bits per heavy atom. The van der Waals surface area contributed by atoms with Gasteiger partial charge in [-0.1, -0.05) is 23.4 Å². The number of halogens is 1. The van der Waals surface area contributed by atoms with Gasteiger partial charge in [-0.3, -0.25) is 0 Å². The van der Waals surface area contributed by atoms with Crippen LogP contribution in [0.4, 0.5) is 0 Å². The monoisotopic (exact) mass is 335 g/mol. The molecular formula is C8H6IN3O2S. The smallest absolute Gasteiger partial charge is 0.217 e. The number of aromatic nitrogens is 3. The van der Waals surface area contributed by atoms with E-state index >= 15 is 0 Å². The van der Waals surface area contributed by atoms with Crippen molar-refractivity contribution < 1.29 is 8.42 Å². The molecule has 0 bridgehead atoms. The summed E-state index contributed by atoms with van der Waals surface area (Å²) in [6.07, 6.45) is 1.36. The molecular weight excluding hydrogens is 329 g/mol. The summed E-state index contributed by atoms with van der Waals surface area (Å²) in [5.74, 6) is 0. The van der Waals surface area contributed by atoms with Gasteiger partial charge in [-0.05, 0) is 12.1 Å². The second-order valence-corrected chi connectivity index (χ2v) is 5.65. The number of hydrogen-bond donors (Lipinski definition) is 0. The molecule has 0 aliphatic carbocycles. The van der Waals surface area contributed by atoms with Gasteiger partial charge in [0, 0.05) is 0 Å². The lowest BCUT2D eigenvalue weighted by Crippen LogP contribution is -2.01. The third-order valence-corrected chi connectivity index (χ3v) is 3.88. The van der Waals surface area contributed by atoms with Gasteiger partial charge in [0.2, 0.25) is 14.9 Å². The van der Waals surface area contributed by atoms with Gasteiger partial charge in [-0.25, -0.2) is 8.42 Å². The van der Waals surface area contributed by atoms with Crippen molar-refractivity contribution in [3.05, 3.63) is 36.5 Å². The second-order valence-electron chi connectivity index (χ2n) is 2.76. The van der Waals surface area contributed by atoms with Crippen molar-refractivity contribution in [1.82, 2.24) is 13.2 Å². The quantitative estimate of drug-likeness (QED) is 0.777. The van der Waals surface area contributed by atoms with Crippen molar-refractivity contribution >= 4 is 32.7 Å². The molecule has 0 N–H and O–H groups in total. The summed E-state index contributed by atoms with van der Waals surface area (Å²) >= 11 is 1.84. The van der Waals surface area contributed by atoms with Gasteiger partial charge in [0.25, 0.3) is 0 Å². The first kappa shape index (κ1) is 10.6. The first-order valence-corrected chi connectivity index (χ1v) is 6.44. The summed E-state index contributed by atoms with van der Waals surface area (Å²) < 4.78 is 25.2. The molecule has 1 aromatic heterocycles. The van der Waals surface area contributed by atoms with Crippen molar-refractivity contribution in [1.29, 1.82) is 0 Å². The highest BCUT2D eigenvalue weighted by Gasteiger charge is 2.20. The Kier molecular flexibility index (Phi) is 2.74. The molecule has 0 amide bonds. The number of rotatable bonds is 2. The molecule has 0 saturated heterocycles. The van der Waals surface area contributed by atoms with Crippen LogP contribution in [-0.4, -0.2) is 21.6 Å². The lowest BCUT2D eigenvalue weighted by Gasteiger charge is -1.98. The van der Waals surface area contributed by atoms with Crippen molar-refractivity contribution in [2.45, 2.75) is 9.92 Å². The fourth-order valence-electron chi connectivity index (χ4n) is 1.07. The van der Waals surface area contributed by atoms with Gasteiger partial charge in [0.05, 0.1) is 34.0 Å². The molecule has 2 aromatic rings. The van der Waals surface area contributed by atoms with Gasteiger partial charge < -0.3 is 0 Å². The van der Waals surface area contributed by atoms with Gasteiger partial charge in [-0.2, -0.15) is 2.90 Å². The summed E-state index contributed by atoms with van der Waals surface area (Å²) in [5.41, 5.74) is 0. The minimum atomic E-state index is -3.52. The number of sulfone groups is 1. The number of hydrogen-bond acceptors (Lipinski definition) is 4. The Morgan fingerprint density at radius 2 is 1.87 bits per heavy atom. The molecule has 1 heterocycles. The van der Waals surface area contributed by atoms with Crippen molar-refractivity contribution in [3.63, 3.8) is 0 Å². The SMILES string of the molecule is O=S(=O)(c1ccccc1)c1cn(I)nn1. The van der Waals surface area contributed by atoms with E-state index in [0.29, 0.717) is 0 Å². The molecule has 0 spiro atoms. The van der Waals surface area contributed by atoms with Gasteiger partial charge in [0.1, 0.15) is 0 Å². The predicted molar refractivity (Wildman–Crippen MR) is 61.3 cm³/mol. The zero-order valence-corrected chi connectivity index (χ0v) is 10.4. The molecule has 2 rings (SSSR count). The molecule has 0 fully saturated rings. The maximum absolute atomic E-state index is 11.9. The van der Waals surface area contributed by atoms with E-state index in [2.05, 4.69) is 10.3 Å². The van der Waals surface area contributed by atoms with E-state index in [4.69, 9.17) is 0 Å². The molecule has 0 atom stereocenters. The highest BCUT2D eigenvalue weighted by molar-refractivity contribution is 14.1. The Balaban J connectivity index is 2.54. The first-order valence-electron chi connectivity index (χ1n) is 3.99. The molecule has 7 heteroatoms. The molecule has 0 aliphatic rings. The highest BCUT2D eigenvalue weighted by atomic mass is 127. The van der Waals surface area contributed by atoms with Crippen molar-refractivity contribution in [3.8, 4) is 0 Å². The predicted octanol–water partition coefficient (Wildman–Crippen LogP) is 1.31. The minimum Gasteiger partial charge on any atom is -0.217 e. The minimum absolute atomic E-state index is 0.0388. The van der Waals surface area contributed by atoms with Crippen LogP contribution in [0.1, 0.15) is 0 Å². The van der Waals surface area contributed by atoms with Crippen LogP contribution < -0.4 is 0 Å². The lowest BCUT2D eigenvalue weighted by molar-refractivity contribution is 0.592. The Labute approximate surface area is 101 Å². The maximum Gasteiger partial charge on any atom is 0.227 e. The van der Waals surface area contributed by atoms with E-state index < -0.39 is 9.84 Å². The van der Waals surface area contributed by atoms with Crippen LogP contribution in [0, 0.1) is 0 Å². The summed E-state index contributed by atoms with van der Waals surface area (Å²) in [6, 6.07) is 8.15. The fraction of sp³-hybridized carbons (Fsp3) is 0. The molecule has 5 nitrogen and oxygen atoms in total. The van der Waals surface area contributed by atoms with Crippen LogP contribution in [0.2, 0.25) is 0 Å². The number of nitrogens with zero attached hydrogens (tertiary/aromatic N) is 3. The number of benzene rings is 1. The molecule has 15 heavy (non-hydrogen) atoms. The fourth-order valence-corrected chi connectivity index (χ4v) is 2.76. The third kappa shape index (κ3) is 2.02. The van der Waals surface area contributed by atoms with Crippen LogP contribution >= 0.6 is 22.9 Å². The molecule has 0 saturated carbocycles. The Morgan fingerprint density at radius 3 is 2.40 bits per heavy atom. The van der Waals surface area contributed by atoms with E-state index in [9.17, 15) is 8.42 Å². The largest absolute Gasteiger partial charge is 0.227 e. The second kappa shape index (κ2) is 3.89. The highest BCUT2D eigenvalue weighted by Crippen LogP contribution is 2.17. The average Bonchev–Trinajstić information content (AvgIpc) is 2.67. The molecule has 0 aliphatic heterocycles. The summed E-state index contributed by atoms with van der Waals surface area (Å²) in [7, 11) is -3.52. The zero-order valence-electron chi connectivity index (χ0n) is 7.41. The van der Waals surface area contributed by atoms with E-state index in [1.807, 2.05) is 22.9 Å². The molecule has 1 aromatic carbocycles. The van der Waals surface area contributed by atoms with Gasteiger partial charge >= 0.3 is 0 Å². The van der Waals surface area contributed by atoms with Crippen molar-refractivity contribution in [2.24, 2.45) is 0 Å². The van der Waals surface area contributed by atoms with E-state index in [-0.39, 0.29) is 9.92 Å². The maximum atomic E-state index is 11.9. The molecule has 0 radical (unpaired) electrons. The van der Waals surface area contributed by atoms with Crippen LogP contribution in [-0.2, 0) is 9.84 Å². The Hall–Kier alpha value is -0.960. The Bertz CT molecular complexity index is 565. The standard InChI is InChI=1S/C8H6IN3O2S/c9-12-6-8(10-11-12)15(13,14)7-4-2-1-3-5-7/h1-6H. The summed E-state index contributed by atoms with van der Waals surface area (Å²) in [5, 5.41) is 7.13. The van der Waals surface area contributed by atoms with Gasteiger partial charge in [-0.15, -0.1) is 5.10 Å². The zero-order chi connectivity index (χ0) is 10.9. The summed E-state index contributed by atoms with van der Waals surface area (Å²) in [4.78, 5) is 0.224. The van der Waals surface area contributed by atoms with E-state index in [1.54, 1.807) is 18.2 Å². The van der Waals surface area contributed by atoms with E-state index in [1.165, 1.54) is 21.2 Å². The normalized spacial score (nSPS) is 11.5. The third-order valence-electron chi connectivity index (χ3n) is 1.77. The first-order chi connectivity index (χ1) is 7.10.